The Balaban J connectivity index is 2.30. The third-order valence-corrected chi connectivity index (χ3v) is 2.95. The van der Waals surface area contributed by atoms with E-state index in [9.17, 15) is 9.18 Å². The SMILES string of the molecule is CC(C)CCC(C)NC(=O)NCc1ccccc1F. The van der Waals surface area contributed by atoms with E-state index in [2.05, 4.69) is 24.5 Å². The van der Waals surface area contributed by atoms with Crippen LogP contribution < -0.4 is 10.6 Å². The van der Waals surface area contributed by atoms with Crippen molar-refractivity contribution in [1.82, 2.24) is 10.6 Å². The molecule has 1 unspecified atom stereocenters. The van der Waals surface area contributed by atoms with Gasteiger partial charge in [-0.25, -0.2) is 9.18 Å². The first-order valence-corrected chi connectivity index (χ1v) is 6.76. The van der Waals surface area contributed by atoms with Crippen LogP contribution >= 0.6 is 0 Å². The van der Waals surface area contributed by atoms with Gasteiger partial charge in [0.2, 0.25) is 0 Å². The zero-order chi connectivity index (χ0) is 14.3. The van der Waals surface area contributed by atoms with Crippen molar-refractivity contribution in [3.8, 4) is 0 Å². The molecule has 2 N–H and O–H groups in total. The smallest absolute Gasteiger partial charge is 0.315 e. The largest absolute Gasteiger partial charge is 0.336 e. The van der Waals surface area contributed by atoms with E-state index in [-0.39, 0.29) is 24.4 Å². The Morgan fingerprint density at radius 2 is 1.89 bits per heavy atom. The van der Waals surface area contributed by atoms with Crippen molar-refractivity contribution in [2.24, 2.45) is 5.92 Å². The molecule has 0 saturated heterocycles. The molecule has 0 heterocycles. The van der Waals surface area contributed by atoms with E-state index in [4.69, 9.17) is 0 Å². The molecule has 19 heavy (non-hydrogen) atoms. The summed E-state index contributed by atoms with van der Waals surface area (Å²) >= 11 is 0. The van der Waals surface area contributed by atoms with Crippen molar-refractivity contribution in [2.75, 3.05) is 0 Å². The van der Waals surface area contributed by atoms with E-state index >= 15 is 0 Å². The van der Waals surface area contributed by atoms with Crippen molar-refractivity contribution >= 4 is 6.03 Å². The summed E-state index contributed by atoms with van der Waals surface area (Å²) in [5.74, 6) is 0.335. The highest BCUT2D eigenvalue weighted by Gasteiger charge is 2.08. The highest BCUT2D eigenvalue weighted by molar-refractivity contribution is 5.74. The maximum atomic E-state index is 13.3. The van der Waals surface area contributed by atoms with E-state index in [1.807, 2.05) is 6.92 Å². The van der Waals surface area contributed by atoms with E-state index in [0.29, 0.717) is 11.5 Å². The lowest BCUT2D eigenvalue weighted by molar-refractivity contribution is 0.236. The number of hydrogen-bond acceptors (Lipinski definition) is 1. The van der Waals surface area contributed by atoms with Gasteiger partial charge in [-0.2, -0.15) is 0 Å². The van der Waals surface area contributed by atoms with Gasteiger partial charge in [0, 0.05) is 18.2 Å². The number of carbonyl (C=O) groups excluding carboxylic acids is 1. The maximum absolute atomic E-state index is 13.3. The van der Waals surface area contributed by atoms with E-state index in [1.54, 1.807) is 18.2 Å². The number of urea groups is 1. The average molecular weight is 266 g/mol. The maximum Gasteiger partial charge on any atom is 0.315 e. The van der Waals surface area contributed by atoms with Crippen molar-refractivity contribution in [1.29, 1.82) is 0 Å². The molecule has 0 aliphatic carbocycles. The number of hydrogen-bond donors (Lipinski definition) is 2. The standard InChI is InChI=1S/C15H23FN2O/c1-11(2)8-9-12(3)18-15(19)17-10-13-6-4-5-7-14(13)16/h4-7,11-12H,8-10H2,1-3H3,(H2,17,18,19). The van der Waals surface area contributed by atoms with E-state index in [0.717, 1.165) is 12.8 Å². The number of halogens is 1. The average Bonchev–Trinajstić information content (AvgIpc) is 2.35. The van der Waals surface area contributed by atoms with Crippen LogP contribution in [0.5, 0.6) is 0 Å². The number of carbonyl (C=O) groups is 1. The van der Waals surface area contributed by atoms with E-state index in [1.165, 1.54) is 6.07 Å². The number of benzene rings is 1. The number of amides is 2. The third-order valence-electron chi connectivity index (χ3n) is 2.95. The van der Waals surface area contributed by atoms with Crippen LogP contribution in [-0.2, 0) is 6.54 Å². The predicted octanol–water partition coefficient (Wildman–Crippen LogP) is 3.45. The van der Waals surface area contributed by atoms with Gasteiger partial charge in [0.15, 0.2) is 0 Å². The van der Waals surface area contributed by atoms with Gasteiger partial charge in [-0.1, -0.05) is 32.0 Å². The Kier molecular flexibility index (Phi) is 6.33. The Morgan fingerprint density at radius 1 is 1.21 bits per heavy atom. The molecule has 2 amide bonds. The van der Waals surface area contributed by atoms with Crippen molar-refractivity contribution < 1.29 is 9.18 Å². The Labute approximate surface area is 114 Å². The molecule has 1 aromatic rings. The fourth-order valence-corrected chi connectivity index (χ4v) is 1.75. The quantitative estimate of drug-likeness (QED) is 0.813. The molecule has 1 atom stereocenters. The Bertz CT molecular complexity index is 407. The van der Waals surface area contributed by atoms with Gasteiger partial charge < -0.3 is 10.6 Å². The molecule has 0 aliphatic heterocycles. The van der Waals surface area contributed by atoms with Crippen LogP contribution in [0.15, 0.2) is 24.3 Å². The molecular formula is C15H23FN2O. The second-order valence-electron chi connectivity index (χ2n) is 5.29. The fraction of sp³-hybridized carbons (Fsp3) is 0.533. The summed E-state index contributed by atoms with van der Waals surface area (Å²) < 4.78 is 13.3. The molecule has 1 aromatic carbocycles. The lowest BCUT2D eigenvalue weighted by Gasteiger charge is -2.15. The zero-order valence-corrected chi connectivity index (χ0v) is 11.9. The lowest BCUT2D eigenvalue weighted by Crippen LogP contribution is -2.40. The first-order chi connectivity index (χ1) is 8.99. The van der Waals surface area contributed by atoms with Crippen LogP contribution in [0.1, 0.15) is 39.2 Å². The first kappa shape index (κ1) is 15.5. The molecule has 1 rings (SSSR count). The van der Waals surface area contributed by atoms with Gasteiger partial charge in [0.05, 0.1) is 0 Å². The Morgan fingerprint density at radius 3 is 2.53 bits per heavy atom. The van der Waals surface area contributed by atoms with Crippen molar-refractivity contribution in [2.45, 2.75) is 46.2 Å². The minimum Gasteiger partial charge on any atom is -0.336 e. The molecule has 0 fully saturated rings. The van der Waals surface area contributed by atoms with Crippen LogP contribution in [0.2, 0.25) is 0 Å². The summed E-state index contributed by atoms with van der Waals surface area (Å²) in [6.45, 7) is 6.50. The first-order valence-electron chi connectivity index (χ1n) is 6.76. The van der Waals surface area contributed by atoms with Crippen LogP contribution in [0.3, 0.4) is 0 Å². The second-order valence-corrected chi connectivity index (χ2v) is 5.29. The van der Waals surface area contributed by atoms with Gasteiger partial charge in [0.1, 0.15) is 5.82 Å². The molecule has 0 aromatic heterocycles. The van der Waals surface area contributed by atoms with Gasteiger partial charge in [-0.3, -0.25) is 0 Å². The summed E-state index contributed by atoms with van der Waals surface area (Å²) in [5, 5.41) is 5.52. The molecule has 0 spiro atoms. The second kappa shape index (κ2) is 7.77. The Hall–Kier alpha value is -1.58. The highest BCUT2D eigenvalue weighted by atomic mass is 19.1. The minimum absolute atomic E-state index is 0.128. The zero-order valence-electron chi connectivity index (χ0n) is 11.9. The van der Waals surface area contributed by atoms with Gasteiger partial charge in [-0.05, 0) is 31.7 Å². The van der Waals surface area contributed by atoms with Crippen molar-refractivity contribution in [3.05, 3.63) is 35.6 Å². The lowest BCUT2D eigenvalue weighted by atomic mass is 10.0. The predicted molar refractivity (Wildman–Crippen MR) is 75.3 cm³/mol. The molecule has 3 nitrogen and oxygen atoms in total. The molecule has 0 radical (unpaired) electrons. The highest BCUT2D eigenvalue weighted by Crippen LogP contribution is 2.07. The van der Waals surface area contributed by atoms with Crippen LogP contribution in [0, 0.1) is 11.7 Å². The number of nitrogens with one attached hydrogen (secondary N) is 2. The third kappa shape index (κ3) is 6.22. The monoisotopic (exact) mass is 266 g/mol. The van der Waals surface area contributed by atoms with Crippen LogP contribution in [0.25, 0.3) is 0 Å². The molecule has 0 aliphatic rings. The number of rotatable bonds is 6. The van der Waals surface area contributed by atoms with Gasteiger partial charge in [0.25, 0.3) is 0 Å². The molecule has 0 bridgehead atoms. The summed E-state index contributed by atoms with van der Waals surface area (Å²) in [5.41, 5.74) is 0.493. The summed E-state index contributed by atoms with van der Waals surface area (Å²) in [6, 6.07) is 6.32. The van der Waals surface area contributed by atoms with Gasteiger partial charge >= 0.3 is 6.03 Å². The molecular weight excluding hydrogens is 243 g/mol. The van der Waals surface area contributed by atoms with Crippen LogP contribution in [-0.4, -0.2) is 12.1 Å². The topological polar surface area (TPSA) is 41.1 Å². The van der Waals surface area contributed by atoms with Gasteiger partial charge in [-0.15, -0.1) is 0 Å². The fourth-order valence-electron chi connectivity index (χ4n) is 1.75. The normalized spacial score (nSPS) is 12.3. The van der Waals surface area contributed by atoms with Crippen molar-refractivity contribution in [3.63, 3.8) is 0 Å². The minimum atomic E-state index is -0.296. The summed E-state index contributed by atoms with van der Waals surface area (Å²) in [6.07, 6.45) is 2.03. The van der Waals surface area contributed by atoms with E-state index < -0.39 is 0 Å². The summed E-state index contributed by atoms with van der Waals surface area (Å²) in [4.78, 5) is 11.6. The summed E-state index contributed by atoms with van der Waals surface area (Å²) in [7, 11) is 0. The molecule has 4 heteroatoms. The van der Waals surface area contributed by atoms with Crippen LogP contribution in [0.4, 0.5) is 9.18 Å². The molecule has 106 valence electrons. The molecule has 0 saturated carbocycles.